The van der Waals surface area contributed by atoms with E-state index in [0.717, 1.165) is 5.56 Å². The summed E-state index contributed by atoms with van der Waals surface area (Å²) in [6.07, 6.45) is 5.06. The summed E-state index contributed by atoms with van der Waals surface area (Å²) in [5.41, 5.74) is 8.17. The molecule has 1 atom stereocenters. The average Bonchev–Trinajstić information content (AvgIpc) is 2.86. The smallest absolute Gasteiger partial charge is 0.251 e. The van der Waals surface area contributed by atoms with Crippen LogP contribution in [-0.2, 0) is 0 Å². The highest BCUT2D eigenvalue weighted by Gasteiger charge is 2.23. The van der Waals surface area contributed by atoms with Gasteiger partial charge in [-0.25, -0.2) is 0 Å². The van der Waals surface area contributed by atoms with E-state index in [2.05, 4.69) is 12.2 Å². The molecule has 1 saturated carbocycles. The van der Waals surface area contributed by atoms with Crippen molar-refractivity contribution in [2.45, 2.75) is 45.6 Å². The maximum Gasteiger partial charge on any atom is 0.251 e. The molecule has 0 heterocycles. The van der Waals surface area contributed by atoms with Crippen molar-refractivity contribution in [1.29, 1.82) is 0 Å². The molecule has 0 radical (unpaired) electrons. The first-order valence-corrected chi connectivity index (χ1v) is 6.75. The lowest BCUT2D eigenvalue weighted by Gasteiger charge is -2.20. The third-order valence-electron chi connectivity index (χ3n) is 4.01. The molecule has 3 nitrogen and oxygen atoms in total. The van der Waals surface area contributed by atoms with E-state index in [1.54, 1.807) is 6.07 Å². The molecule has 1 aromatic rings. The standard InChI is InChI=1S/C15H22N2O/c1-10-7-8-13(9-14(10)16)15(18)17-11(2)12-5-3-4-6-12/h7-9,11-12H,3-6,16H2,1-2H3,(H,17,18). The molecule has 1 fully saturated rings. The second-order valence-corrected chi connectivity index (χ2v) is 5.38. The van der Waals surface area contributed by atoms with Crippen LogP contribution < -0.4 is 11.1 Å². The molecule has 18 heavy (non-hydrogen) atoms. The first-order chi connectivity index (χ1) is 8.58. The number of aryl methyl sites for hydroxylation is 1. The Hall–Kier alpha value is -1.51. The molecule has 0 bridgehead atoms. The molecule has 0 aliphatic heterocycles. The van der Waals surface area contributed by atoms with Gasteiger partial charge in [0.2, 0.25) is 0 Å². The van der Waals surface area contributed by atoms with Crippen LogP contribution in [0, 0.1) is 12.8 Å². The van der Waals surface area contributed by atoms with Gasteiger partial charge in [0, 0.05) is 17.3 Å². The lowest BCUT2D eigenvalue weighted by atomic mass is 9.99. The highest BCUT2D eigenvalue weighted by molar-refractivity contribution is 5.95. The van der Waals surface area contributed by atoms with E-state index >= 15 is 0 Å². The Bertz CT molecular complexity index is 436. The number of nitrogens with one attached hydrogen (secondary N) is 1. The van der Waals surface area contributed by atoms with Crippen LogP contribution in [0.2, 0.25) is 0 Å². The number of benzene rings is 1. The van der Waals surface area contributed by atoms with Gasteiger partial charge in [-0.3, -0.25) is 4.79 Å². The molecule has 98 valence electrons. The second-order valence-electron chi connectivity index (χ2n) is 5.38. The molecular formula is C15H22N2O. The Morgan fingerprint density at radius 3 is 2.67 bits per heavy atom. The van der Waals surface area contributed by atoms with Crippen molar-refractivity contribution < 1.29 is 4.79 Å². The average molecular weight is 246 g/mol. The summed E-state index contributed by atoms with van der Waals surface area (Å²) in [6.45, 7) is 4.05. The summed E-state index contributed by atoms with van der Waals surface area (Å²) in [6, 6.07) is 5.74. The third-order valence-corrected chi connectivity index (χ3v) is 4.01. The lowest BCUT2D eigenvalue weighted by Crippen LogP contribution is -2.37. The van der Waals surface area contributed by atoms with Gasteiger partial charge < -0.3 is 11.1 Å². The highest BCUT2D eigenvalue weighted by atomic mass is 16.1. The fourth-order valence-electron chi connectivity index (χ4n) is 2.65. The predicted octanol–water partition coefficient (Wildman–Crippen LogP) is 2.89. The Labute approximate surface area is 109 Å². The fraction of sp³-hybridized carbons (Fsp3) is 0.533. The topological polar surface area (TPSA) is 55.1 Å². The maximum absolute atomic E-state index is 12.1. The van der Waals surface area contributed by atoms with E-state index in [0.29, 0.717) is 17.2 Å². The Morgan fingerprint density at radius 2 is 2.06 bits per heavy atom. The van der Waals surface area contributed by atoms with Crippen molar-refractivity contribution in [2.75, 3.05) is 5.73 Å². The lowest BCUT2D eigenvalue weighted by molar-refractivity contribution is 0.0927. The van der Waals surface area contributed by atoms with Gasteiger partial charge in [-0.05, 0) is 50.3 Å². The van der Waals surface area contributed by atoms with E-state index in [1.165, 1.54) is 25.7 Å². The van der Waals surface area contributed by atoms with Gasteiger partial charge in [0.1, 0.15) is 0 Å². The summed E-state index contributed by atoms with van der Waals surface area (Å²) in [5.74, 6) is 0.623. The second kappa shape index (κ2) is 5.42. The van der Waals surface area contributed by atoms with Crippen molar-refractivity contribution in [3.8, 4) is 0 Å². The number of amides is 1. The van der Waals surface area contributed by atoms with Crippen LogP contribution in [0.5, 0.6) is 0 Å². The van der Waals surface area contributed by atoms with Gasteiger partial charge in [0.15, 0.2) is 0 Å². The molecule has 3 heteroatoms. The molecule has 2 rings (SSSR count). The number of carbonyl (C=O) groups excluding carboxylic acids is 1. The first-order valence-electron chi connectivity index (χ1n) is 6.75. The number of hydrogen-bond acceptors (Lipinski definition) is 2. The first kappa shape index (κ1) is 12.9. The number of hydrogen-bond donors (Lipinski definition) is 2. The van der Waals surface area contributed by atoms with E-state index < -0.39 is 0 Å². The minimum atomic E-state index is -0.0129. The highest BCUT2D eigenvalue weighted by Crippen LogP contribution is 2.27. The summed E-state index contributed by atoms with van der Waals surface area (Å²) in [4.78, 5) is 12.1. The summed E-state index contributed by atoms with van der Waals surface area (Å²) >= 11 is 0. The minimum Gasteiger partial charge on any atom is -0.398 e. The van der Waals surface area contributed by atoms with Gasteiger partial charge in [0.05, 0.1) is 0 Å². The van der Waals surface area contributed by atoms with E-state index in [4.69, 9.17) is 5.73 Å². The van der Waals surface area contributed by atoms with Crippen LogP contribution in [-0.4, -0.2) is 11.9 Å². The van der Waals surface area contributed by atoms with Gasteiger partial charge in [-0.2, -0.15) is 0 Å². The van der Waals surface area contributed by atoms with Crippen molar-refractivity contribution in [2.24, 2.45) is 5.92 Å². The molecule has 3 N–H and O–H groups in total. The predicted molar refractivity (Wildman–Crippen MR) is 74.5 cm³/mol. The van der Waals surface area contributed by atoms with Crippen LogP contribution in [0.3, 0.4) is 0 Å². The number of anilines is 1. The van der Waals surface area contributed by atoms with Crippen LogP contribution >= 0.6 is 0 Å². The molecule has 0 spiro atoms. The zero-order chi connectivity index (χ0) is 13.1. The van der Waals surface area contributed by atoms with Crippen LogP contribution in [0.1, 0.15) is 48.5 Å². The van der Waals surface area contributed by atoms with Crippen LogP contribution in [0.4, 0.5) is 5.69 Å². The summed E-state index contributed by atoms with van der Waals surface area (Å²) < 4.78 is 0. The van der Waals surface area contributed by atoms with Crippen LogP contribution in [0.15, 0.2) is 18.2 Å². The van der Waals surface area contributed by atoms with Crippen molar-refractivity contribution in [3.63, 3.8) is 0 Å². The van der Waals surface area contributed by atoms with Gasteiger partial charge in [0.25, 0.3) is 5.91 Å². The molecule has 0 aromatic heterocycles. The van der Waals surface area contributed by atoms with Crippen molar-refractivity contribution in [3.05, 3.63) is 29.3 Å². The fourth-order valence-corrected chi connectivity index (χ4v) is 2.65. The molecule has 1 aliphatic carbocycles. The number of nitrogen functional groups attached to an aromatic ring is 1. The Kier molecular flexibility index (Phi) is 3.90. The molecule has 0 saturated heterocycles. The number of nitrogens with two attached hydrogens (primary N) is 1. The van der Waals surface area contributed by atoms with E-state index in [-0.39, 0.29) is 11.9 Å². The SMILES string of the molecule is Cc1ccc(C(=O)NC(C)C2CCCC2)cc1N. The number of rotatable bonds is 3. The van der Waals surface area contributed by atoms with Gasteiger partial charge in [-0.15, -0.1) is 0 Å². The van der Waals surface area contributed by atoms with Gasteiger partial charge >= 0.3 is 0 Å². The van der Waals surface area contributed by atoms with Crippen LogP contribution in [0.25, 0.3) is 0 Å². The monoisotopic (exact) mass is 246 g/mol. The molecule has 1 aliphatic rings. The molecule has 1 amide bonds. The molecular weight excluding hydrogens is 224 g/mol. The normalized spacial score (nSPS) is 17.7. The maximum atomic E-state index is 12.1. The zero-order valence-electron chi connectivity index (χ0n) is 11.2. The molecule has 1 aromatic carbocycles. The van der Waals surface area contributed by atoms with Crippen molar-refractivity contribution in [1.82, 2.24) is 5.32 Å². The quantitative estimate of drug-likeness (QED) is 0.806. The Balaban J connectivity index is 2.00. The van der Waals surface area contributed by atoms with E-state index in [1.807, 2.05) is 19.1 Å². The van der Waals surface area contributed by atoms with E-state index in [9.17, 15) is 4.79 Å². The van der Waals surface area contributed by atoms with Crippen molar-refractivity contribution >= 4 is 11.6 Å². The third kappa shape index (κ3) is 2.84. The minimum absolute atomic E-state index is 0.0129. The number of carbonyl (C=O) groups is 1. The van der Waals surface area contributed by atoms with Gasteiger partial charge in [-0.1, -0.05) is 18.9 Å². The zero-order valence-corrected chi connectivity index (χ0v) is 11.2. The summed E-state index contributed by atoms with van der Waals surface area (Å²) in [7, 11) is 0. The Morgan fingerprint density at radius 1 is 1.39 bits per heavy atom. The summed E-state index contributed by atoms with van der Waals surface area (Å²) in [5, 5.41) is 3.09. The molecule has 1 unspecified atom stereocenters. The largest absolute Gasteiger partial charge is 0.398 e.